The molecule has 0 radical (unpaired) electrons. The Morgan fingerprint density at radius 1 is 1.19 bits per heavy atom. The van der Waals surface area contributed by atoms with Gasteiger partial charge in [0.05, 0.1) is 5.56 Å². The van der Waals surface area contributed by atoms with Crippen LogP contribution >= 0.6 is 11.6 Å². The predicted molar refractivity (Wildman–Crippen MR) is 92.2 cm³/mol. The quantitative estimate of drug-likeness (QED) is 0.837. The topological polar surface area (TPSA) is 42.1 Å². The Balaban J connectivity index is 1.58. The molecule has 1 aromatic heterocycles. The third-order valence-corrected chi connectivity index (χ3v) is 4.94. The highest BCUT2D eigenvalue weighted by Crippen LogP contribution is 2.32. The molecule has 140 valence electrons. The molecule has 1 saturated heterocycles. The molecule has 2 aromatic rings. The number of aromatic nitrogens is 1. The van der Waals surface area contributed by atoms with Crippen LogP contribution in [0.1, 0.15) is 17.2 Å². The van der Waals surface area contributed by atoms with Gasteiger partial charge in [0.25, 0.3) is 5.82 Å². The lowest BCUT2D eigenvalue weighted by Crippen LogP contribution is -3.15. The maximum atomic E-state index is 12.7. The number of quaternary nitrogens is 1. The van der Waals surface area contributed by atoms with Gasteiger partial charge in [0.15, 0.2) is 0 Å². The second kappa shape index (κ2) is 7.82. The first-order valence-electron chi connectivity index (χ1n) is 8.44. The number of aliphatic hydroxyl groups excluding tert-OH is 1. The first kappa shape index (κ1) is 18.9. The fourth-order valence-corrected chi connectivity index (χ4v) is 3.48. The summed E-state index contributed by atoms with van der Waals surface area (Å²) < 4.78 is 38.2. The number of benzene rings is 1. The molecule has 0 saturated carbocycles. The number of halogens is 4. The summed E-state index contributed by atoms with van der Waals surface area (Å²) in [6, 6.07) is 10.5. The van der Waals surface area contributed by atoms with Crippen molar-refractivity contribution in [1.29, 1.82) is 0 Å². The minimum absolute atomic E-state index is 0.0626. The Bertz CT molecular complexity index is 734. The molecule has 2 heterocycles. The number of rotatable bonds is 4. The van der Waals surface area contributed by atoms with Gasteiger partial charge in [-0.3, -0.25) is 0 Å². The Hall–Kier alpha value is -1.83. The highest BCUT2D eigenvalue weighted by atomic mass is 35.5. The van der Waals surface area contributed by atoms with Crippen molar-refractivity contribution in [3.05, 3.63) is 58.7 Å². The van der Waals surface area contributed by atoms with Crippen LogP contribution < -0.4 is 14.8 Å². The molecule has 0 spiro atoms. The van der Waals surface area contributed by atoms with Gasteiger partial charge in [-0.2, -0.15) is 13.2 Å². The number of nitrogens with zero attached hydrogens (tertiary/aromatic N) is 1. The molecule has 8 heteroatoms. The first-order chi connectivity index (χ1) is 12.3. The summed E-state index contributed by atoms with van der Waals surface area (Å²) in [5, 5.41) is 10.4. The summed E-state index contributed by atoms with van der Waals surface area (Å²) in [4.78, 5) is 5.87. The van der Waals surface area contributed by atoms with Crippen LogP contribution in [0.4, 0.5) is 19.0 Å². The number of piperazine rings is 1. The van der Waals surface area contributed by atoms with E-state index in [1.165, 1.54) is 4.90 Å². The number of anilines is 1. The van der Waals surface area contributed by atoms with E-state index in [1.54, 1.807) is 0 Å². The zero-order valence-corrected chi connectivity index (χ0v) is 14.8. The van der Waals surface area contributed by atoms with Crippen LogP contribution in [0.2, 0.25) is 5.02 Å². The molecule has 1 atom stereocenters. The van der Waals surface area contributed by atoms with Crippen molar-refractivity contribution in [2.24, 2.45) is 0 Å². The summed E-state index contributed by atoms with van der Waals surface area (Å²) in [6.07, 6.45) is -4.01. The van der Waals surface area contributed by atoms with Gasteiger partial charge in [-0.15, -0.1) is 0 Å². The number of aliphatic hydroxyl groups is 1. The molecule has 1 aromatic carbocycles. The average Bonchev–Trinajstić information content (AvgIpc) is 2.62. The van der Waals surface area contributed by atoms with E-state index in [-0.39, 0.29) is 5.02 Å². The van der Waals surface area contributed by atoms with Gasteiger partial charge in [-0.05, 0) is 11.6 Å². The number of hydrogen-bond donors (Lipinski definition) is 2. The Labute approximate surface area is 154 Å². The number of aromatic amines is 1. The van der Waals surface area contributed by atoms with E-state index in [0.29, 0.717) is 25.5 Å². The SMILES string of the molecule is O[C@H](C[NH+]1CCN(c2[nH+]cc(C(F)(F)F)cc2Cl)CC1)c1ccccc1. The predicted octanol–water partition coefficient (Wildman–Crippen LogP) is 1.61. The third-order valence-electron chi connectivity index (χ3n) is 4.65. The van der Waals surface area contributed by atoms with Crippen molar-refractivity contribution >= 4 is 17.4 Å². The molecule has 0 amide bonds. The number of hydrogen-bond acceptors (Lipinski definition) is 2. The first-order valence-corrected chi connectivity index (χ1v) is 8.82. The van der Waals surface area contributed by atoms with E-state index in [1.807, 2.05) is 35.2 Å². The van der Waals surface area contributed by atoms with Crippen LogP contribution in [0.15, 0.2) is 42.6 Å². The molecule has 0 unspecified atom stereocenters. The minimum Gasteiger partial charge on any atom is -0.382 e. The highest BCUT2D eigenvalue weighted by molar-refractivity contribution is 6.32. The van der Waals surface area contributed by atoms with Crippen LogP contribution in [0.25, 0.3) is 0 Å². The molecule has 1 aliphatic heterocycles. The van der Waals surface area contributed by atoms with E-state index in [9.17, 15) is 18.3 Å². The van der Waals surface area contributed by atoms with Gasteiger partial charge in [-0.25, -0.2) is 9.88 Å². The van der Waals surface area contributed by atoms with Gasteiger partial charge in [0.2, 0.25) is 0 Å². The summed E-state index contributed by atoms with van der Waals surface area (Å²) >= 11 is 6.05. The van der Waals surface area contributed by atoms with Crippen LogP contribution in [0, 0.1) is 0 Å². The van der Waals surface area contributed by atoms with Crippen molar-refractivity contribution in [2.45, 2.75) is 12.3 Å². The zero-order chi connectivity index (χ0) is 18.7. The molecule has 3 N–H and O–H groups in total. The highest BCUT2D eigenvalue weighted by Gasteiger charge is 2.35. The van der Waals surface area contributed by atoms with Crippen LogP contribution in [0.3, 0.4) is 0 Å². The smallest absolute Gasteiger partial charge is 0.382 e. The second-order valence-corrected chi connectivity index (χ2v) is 6.86. The minimum atomic E-state index is -4.42. The van der Waals surface area contributed by atoms with Crippen LogP contribution in [0.5, 0.6) is 0 Å². The lowest BCUT2D eigenvalue weighted by atomic mass is 10.1. The van der Waals surface area contributed by atoms with Crippen molar-refractivity contribution in [2.75, 3.05) is 37.6 Å². The number of H-pyrrole nitrogens is 1. The van der Waals surface area contributed by atoms with Gasteiger partial charge in [-0.1, -0.05) is 41.9 Å². The fourth-order valence-electron chi connectivity index (χ4n) is 3.18. The molecule has 3 rings (SSSR count). The summed E-state index contributed by atoms with van der Waals surface area (Å²) in [5.74, 6) is 0.502. The maximum absolute atomic E-state index is 12.7. The number of alkyl halides is 3. The number of nitrogens with one attached hydrogen (secondary N) is 2. The van der Waals surface area contributed by atoms with E-state index in [2.05, 4.69) is 4.98 Å². The van der Waals surface area contributed by atoms with E-state index in [4.69, 9.17) is 11.6 Å². The summed E-state index contributed by atoms with van der Waals surface area (Å²) in [6.45, 7) is 3.45. The molecule has 0 aliphatic carbocycles. The lowest BCUT2D eigenvalue weighted by molar-refractivity contribution is -0.904. The standard InChI is InChI=1S/C18H19ClF3N3O/c19-15-10-14(18(20,21)22)11-23-17(15)25-8-6-24(7-9-25)12-16(26)13-4-2-1-3-5-13/h1-5,10-11,16,26H,6-9,12H2/p+2/t16-/m1/s1. The molecule has 1 aliphatic rings. The lowest BCUT2D eigenvalue weighted by Gasteiger charge is -2.30. The molecular formula is C18H21ClF3N3O+2. The van der Waals surface area contributed by atoms with Crippen molar-refractivity contribution in [1.82, 2.24) is 0 Å². The van der Waals surface area contributed by atoms with Crippen molar-refractivity contribution in [3.8, 4) is 0 Å². The molecule has 26 heavy (non-hydrogen) atoms. The van der Waals surface area contributed by atoms with E-state index >= 15 is 0 Å². The van der Waals surface area contributed by atoms with E-state index < -0.39 is 17.8 Å². The summed E-state index contributed by atoms with van der Waals surface area (Å²) in [7, 11) is 0. The van der Waals surface area contributed by atoms with Gasteiger partial charge >= 0.3 is 6.18 Å². The van der Waals surface area contributed by atoms with Crippen molar-refractivity contribution in [3.63, 3.8) is 0 Å². The van der Waals surface area contributed by atoms with Crippen LogP contribution in [-0.4, -0.2) is 37.8 Å². The Kier molecular flexibility index (Phi) is 5.70. The van der Waals surface area contributed by atoms with Crippen molar-refractivity contribution < 1.29 is 28.2 Å². The Morgan fingerprint density at radius 3 is 2.42 bits per heavy atom. The number of pyridine rings is 1. The molecular weight excluding hydrogens is 367 g/mol. The zero-order valence-electron chi connectivity index (χ0n) is 14.1. The summed E-state index contributed by atoms with van der Waals surface area (Å²) in [5.41, 5.74) is 0.100. The second-order valence-electron chi connectivity index (χ2n) is 6.45. The largest absolute Gasteiger partial charge is 0.419 e. The Morgan fingerprint density at radius 2 is 1.85 bits per heavy atom. The fraction of sp³-hybridized carbons (Fsp3) is 0.389. The van der Waals surface area contributed by atoms with Gasteiger partial charge in [0, 0.05) is 0 Å². The molecule has 0 bridgehead atoms. The maximum Gasteiger partial charge on any atom is 0.419 e. The van der Waals surface area contributed by atoms with Gasteiger partial charge < -0.3 is 10.0 Å². The average molecular weight is 388 g/mol. The molecule has 1 fully saturated rings. The molecule has 4 nitrogen and oxygen atoms in total. The van der Waals surface area contributed by atoms with Crippen LogP contribution in [-0.2, 0) is 6.18 Å². The monoisotopic (exact) mass is 387 g/mol. The van der Waals surface area contributed by atoms with Gasteiger partial charge in [0.1, 0.15) is 50.0 Å². The third kappa shape index (κ3) is 4.47. The van der Waals surface area contributed by atoms with E-state index in [0.717, 1.165) is 30.9 Å². The normalized spacial score (nSPS) is 17.3.